The molecule has 2 aromatic rings. The number of hydrogen-bond acceptors (Lipinski definition) is 4. The zero-order valence-corrected chi connectivity index (χ0v) is 19.4. The lowest BCUT2D eigenvalue weighted by Crippen LogP contribution is -2.31. The molecule has 32 heavy (non-hydrogen) atoms. The molecule has 1 aliphatic heterocycles. The topological polar surface area (TPSA) is 69.7 Å². The summed E-state index contributed by atoms with van der Waals surface area (Å²) >= 11 is 0. The van der Waals surface area contributed by atoms with Gasteiger partial charge in [0.1, 0.15) is 5.82 Å². The quantitative estimate of drug-likeness (QED) is 0.642. The van der Waals surface area contributed by atoms with Crippen molar-refractivity contribution in [1.29, 1.82) is 0 Å². The molecule has 2 aromatic carbocycles. The molecule has 0 aromatic heterocycles. The van der Waals surface area contributed by atoms with E-state index < -0.39 is 10.0 Å². The van der Waals surface area contributed by atoms with E-state index in [1.54, 1.807) is 24.3 Å². The lowest BCUT2D eigenvalue weighted by atomic mass is 10.1. The fourth-order valence-corrected chi connectivity index (χ4v) is 6.00. The van der Waals surface area contributed by atoms with Gasteiger partial charge < -0.3 is 10.2 Å². The summed E-state index contributed by atoms with van der Waals surface area (Å²) in [4.78, 5) is 15.4. The smallest absolute Gasteiger partial charge is 0.243 e. The van der Waals surface area contributed by atoms with Gasteiger partial charge in [0.25, 0.3) is 0 Å². The van der Waals surface area contributed by atoms with E-state index in [1.807, 2.05) is 19.9 Å². The van der Waals surface area contributed by atoms with Crippen molar-refractivity contribution < 1.29 is 17.6 Å². The van der Waals surface area contributed by atoms with Gasteiger partial charge in [-0.05, 0) is 61.1 Å². The van der Waals surface area contributed by atoms with E-state index in [0.717, 1.165) is 37.2 Å². The van der Waals surface area contributed by atoms with E-state index in [0.29, 0.717) is 25.2 Å². The van der Waals surface area contributed by atoms with Crippen LogP contribution in [0.2, 0.25) is 0 Å². The van der Waals surface area contributed by atoms with Gasteiger partial charge in [-0.2, -0.15) is 4.31 Å². The van der Waals surface area contributed by atoms with Crippen LogP contribution in [0.15, 0.2) is 47.4 Å². The van der Waals surface area contributed by atoms with Gasteiger partial charge in [-0.15, -0.1) is 0 Å². The van der Waals surface area contributed by atoms with Crippen LogP contribution in [-0.2, 0) is 14.8 Å². The van der Waals surface area contributed by atoms with E-state index in [1.165, 1.54) is 16.4 Å². The maximum atomic E-state index is 13.2. The fourth-order valence-electron chi connectivity index (χ4n) is 4.51. The predicted octanol–water partition coefficient (Wildman–Crippen LogP) is 4.20. The van der Waals surface area contributed by atoms with Crippen LogP contribution in [0.5, 0.6) is 0 Å². The number of carbonyl (C=O) groups is 1. The third-order valence-electron chi connectivity index (χ3n) is 6.44. The van der Waals surface area contributed by atoms with Gasteiger partial charge in [-0.3, -0.25) is 4.79 Å². The number of nitrogens with zero attached hydrogens (tertiary/aromatic N) is 2. The predicted molar refractivity (Wildman–Crippen MR) is 124 cm³/mol. The molecule has 0 spiro atoms. The molecule has 8 heteroatoms. The van der Waals surface area contributed by atoms with Gasteiger partial charge in [-0.25, -0.2) is 12.8 Å². The number of halogens is 1. The summed E-state index contributed by atoms with van der Waals surface area (Å²) in [6, 6.07) is 11.3. The maximum absolute atomic E-state index is 13.2. The molecule has 1 aliphatic carbocycles. The van der Waals surface area contributed by atoms with Crippen LogP contribution in [0.4, 0.5) is 15.8 Å². The van der Waals surface area contributed by atoms with Gasteiger partial charge in [-0.1, -0.05) is 26.0 Å². The van der Waals surface area contributed by atoms with Crippen LogP contribution in [0.1, 0.15) is 44.6 Å². The Morgan fingerprint density at radius 2 is 1.75 bits per heavy atom. The maximum Gasteiger partial charge on any atom is 0.243 e. The molecule has 1 saturated heterocycles. The molecule has 2 aliphatic rings. The molecule has 172 valence electrons. The van der Waals surface area contributed by atoms with Gasteiger partial charge in [0.2, 0.25) is 15.9 Å². The van der Waals surface area contributed by atoms with E-state index in [4.69, 9.17) is 0 Å². The molecule has 1 heterocycles. The summed E-state index contributed by atoms with van der Waals surface area (Å²) in [7, 11) is -3.63. The van der Waals surface area contributed by atoms with Crippen LogP contribution in [-0.4, -0.2) is 44.8 Å². The second kappa shape index (κ2) is 9.19. The number of sulfonamides is 1. The molecule has 2 fully saturated rings. The number of benzene rings is 2. The van der Waals surface area contributed by atoms with E-state index in [-0.39, 0.29) is 28.5 Å². The average molecular weight is 460 g/mol. The number of rotatable bonds is 8. The van der Waals surface area contributed by atoms with Crippen molar-refractivity contribution in [2.75, 3.05) is 36.4 Å². The molecule has 1 N–H and O–H groups in total. The third kappa shape index (κ3) is 4.52. The first-order chi connectivity index (χ1) is 15.3. The van der Waals surface area contributed by atoms with Crippen molar-refractivity contribution in [2.24, 2.45) is 5.92 Å². The zero-order valence-electron chi connectivity index (χ0n) is 18.6. The first-order valence-electron chi connectivity index (χ1n) is 11.3. The van der Waals surface area contributed by atoms with Crippen molar-refractivity contribution in [1.82, 2.24) is 4.31 Å². The van der Waals surface area contributed by atoms with E-state index in [2.05, 4.69) is 10.2 Å². The standard InChI is InChI=1S/C24H30FN3O3S/c1-3-28(4-2)32(30,31)19-11-12-23(27-13-5-6-14-27)22(15-19)26-24(29)21-16-20(21)17-7-9-18(25)10-8-17/h7-12,15,20-21H,3-6,13-14,16H2,1-2H3,(H,26,29). The van der Waals surface area contributed by atoms with Crippen LogP contribution >= 0.6 is 0 Å². The third-order valence-corrected chi connectivity index (χ3v) is 8.49. The summed E-state index contributed by atoms with van der Waals surface area (Å²) in [6.45, 7) is 6.15. The molecule has 2 atom stereocenters. The minimum atomic E-state index is -3.63. The molecule has 2 unspecified atom stereocenters. The lowest BCUT2D eigenvalue weighted by molar-refractivity contribution is -0.117. The summed E-state index contributed by atoms with van der Waals surface area (Å²) in [6.07, 6.45) is 2.85. The van der Waals surface area contributed by atoms with Crippen molar-refractivity contribution in [3.05, 3.63) is 53.8 Å². The number of anilines is 2. The minimum absolute atomic E-state index is 0.0634. The van der Waals surface area contributed by atoms with Crippen molar-refractivity contribution in [2.45, 2.75) is 43.9 Å². The molecule has 1 amide bonds. The highest BCUT2D eigenvalue weighted by Crippen LogP contribution is 2.48. The Bertz CT molecular complexity index is 1080. The van der Waals surface area contributed by atoms with E-state index in [9.17, 15) is 17.6 Å². The van der Waals surface area contributed by atoms with Crippen LogP contribution in [0.25, 0.3) is 0 Å². The molecular weight excluding hydrogens is 429 g/mol. The Balaban J connectivity index is 1.59. The minimum Gasteiger partial charge on any atom is -0.370 e. The second-order valence-corrected chi connectivity index (χ2v) is 10.4. The first-order valence-corrected chi connectivity index (χ1v) is 12.7. The average Bonchev–Trinajstić information content (AvgIpc) is 3.40. The summed E-state index contributed by atoms with van der Waals surface area (Å²) in [5.41, 5.74) is 2.34. The molecule has 1 saturated carbocycles. The second-order valence-electron chi connectivity index (χ2n) is 8.45. The van der Waals surface area contributed by atoms with Gasteiger partial charge in [0.15, 0.2) is 0 Å². The number of hydrogen-bond donors (Lipinski definition) is 1. The van der Waals surface area contributed by atoms with Crippen molar-refractivity contribution in [3.8, 4) is 0 Å². The van der Waals surface area contributed by atoms with Crippen LogP contribution in [0.3, 0.4) is 0 Å². The Kier molecular flexibility index (Phi) is 6.53. The Labute approximate surface area is 189 Å². The summed E-state index contributed by atoms with van der Waals surface area (Å²) < 4.78 is 40.7. The Morgan fingerprint density at radius 3 is 2.38 bits per heavy atom. The molecule has 0 bridgehead atoms. The lowest BCUT2D eigenvalue weighted by Gasteiger charge is -2.24. The van der Waals surface area contributed by atoms with Crippen LogP contribution < -0.4 is 10.2 Å². The highest BCUT2D eigenvalue weighted by atomic mass is 32.2. The highest BCUT2D eigenvalue weighted by molar-refractivity contribution is 7.89. The molecule has 4 rings (SSSR count). The van der Waals surface area contributed by atoms with E-state index >= 15 is 0 Å². The first kappa shape index (κ1) is 22.7. The zero-order chi connectivity index (χ0) is 22.9. The summed E-state index contributed by atoms with van der Waals surface area (Å²) in [5, 5.41) is 3.01. The van der Waals surface area contributed by atoms with Crippen molar-refractivity contribution in [3.63, 3.8) is 0 Å². The van der Waals surface area contributed by atoms with Crippen LogP contribution in [0, 0.1) is 11.7 Å². The summed E-state index contributed by atoms with van der Waals surface area (Å²) in [5.74, 6) is -0.558. The molecular formula is C24H30FN3O3S. The number of nitrogens with one attached hydrogen (secondary N) is 1. The Hall–Kier alpha value is -2.45. The largest absolute Gasteiger partial charge is 0.370 e. The number of amides is 1. The normalized spacial score (nSPS) is 20.6. The molecule has 6 nitrogen and oxygen atoms in total. The van der Waals surface area contributed by atoms with Crippen molar-refractivity contribution >= 4 is 27.3 Å². The van der Waals surface area contributed by atoms with Gasteiger partial charge in [0.05, 0.1) is 16.3 Å². The number of carbonyl (C=O) groups excluding carboxylic acids is 1. The SMILES string of the molecule is CCN(CC)S(=O)(=O)c1ccc(N2CCCC2)c(NC(=O)C2CC2c2ccc(F)cc2)c1. The Morgan fingerprint density at radius 1 is 1.09 bits per heavy atom. The van der Waals surface area contributed by atoms with Gasteiger partial charge >= 0.3 is 0 Å². The van der Waals surface area contributed by atoms with Gasteiger partial charge in [0, 0.05) is 32.1 Å². The monoisotopic (exact) mass is 459 g/mol. The molecule has 0 radical (unpaired) electrons. The fraction of sp³-hybridized carbons (Fsp3) is 0.458. The highest BCUT2D eigenvalue weighted by Gasteiger charge is 2.44.